The van der Waals surface area contributed by atoms with Gasteiger partial charge in [-0.15, -0.1) is 0 Å². The fourth-order valence-corrected chi connectivity index (χ4v) is 2.05. The van der Waals surface area contributed by atoms with Crippen molar-refractivity contribution >= 4 is 17.6 Å². The molecule has 0 aliphatic rings. The van der Waals surface area contributed by atoms with Crippen LogP contribution >= 0.6 is 0 Å². The van der Waals surface area contributed by atoms with Crippen molar-refractivity contribution in [2.45, 2.75) is 6.04 Å². The Kier molecular flexibility index (Phi) is 5.57. The number of imide groups is 1. The molecule has 0 aromatic heterocycles. The van der Waals surface area contributed by atoms with E-state index in [-0.39, 0.29) is 0 Å². The number of ether oxygens (including phenoxy) is 1. The number of urea groups is 1. The second kappa shape index (κ2) is 7.84. The zero-order chi connectivity index (χ0) is 16.7. The summed E-state index contributed by atoms with van der Waals surface area (Å²) in [6.07, 6.45) is 0. The normalized spacial score (nSPS) is 11.2. The fraction of sp³-hybridized carbons (Fsp3) is 0.176. The molecule has 0 heterocycles. The number of rotatable bonds is 5. The minimum Gasteiger partial charge on any atom is -0.497 e. The first-order chi connectivity index (χ1) is 11.1. The molecular formula is C17H19N3O3. The Labute approximate surface area is 134 Å². The first-order valence-corrected chi connectivity index (χ1v) is 7.12. The maximum atomic E-state index is 12.4. The Morgan fingerprint density at radius 3 is 2.22 bits per heavy atom. The van der Waals surface area contributed by atoms with Crippen LogP contribution in [0.3, 0.4) is 0 Å². The van der Waals surface area contributed by atoms with Crippen LogP contribution in [0.1, 0.15) is 11.6 Å². The van der Waals surface area contributed by atoms with E-state index < -0.39 is 18.0 Å². The molecule has 23 heavy (non-hydrogen) atoms. The Bertz CT molecular complexity index is 657. The lowest BCUT2D eigenvalue weighted by Crippen LogP contribution is -2.42. The Morgan fingerprint density at radius 1 is 1.00 bits per heavy atom. The molecule has 0 unspecified atom stereocenters. The second-order valence-electron chi connectivity index (χ2n) is 4.78. The number of hydrogen-bond donors (Lipinski definition) is 3. The molecule has 0 fully saturated rings. The van der Waals surface area contributed by atoms with E-state index >= 15 is 0 Å². The van der Waals surface area contributed by atoms with Gasteiger partial charge in [0.1, 0.15) is 11.8 Å². The number of carbonyl (C=O) groups excluding carboxylic acids is 2. The largest absolute Gasteiger partial charge is 0.497 e. The molecule has 6 heteroatoms. The van der Waals surface area contributed by atoms with Crippen molar-refractivity contribution in [2.24, 2.45) is 0 Å². The van der Waals surface area contributed by atoms with Gasteiger partial charge in [-0.1, -0.05) is 30.3 Å². The van der Waals surface area contributed by atoms with E-state index in [2.05, 4.69) is 16.0 Å². The van der Waals surface area contributed by atoms with E-state index in [1.807, 2.05) is 42.5 Å². The molecule has 1 atom stereocenters. The van der Waals surface area contributed by atoms with Gasteiger partial charge in [0.15, 0.2) is 0 Å². The average Bonchev–Trinajstić information content (AvgIpc) is 2.60. The van der Waals surface area contributed by atoms with Gasteiger partial charge in [-0.2, -0.15) is 0 Å². The third-order valence-electron chi connectivity index (χ3n) is 3.26. The fourth-order valence-electron chi connectivity index (χ4n) is 2.05. The number of benzene rings is 2. The summed E-state index contributed by atoms with van der Waals surface area (Å²) in [5.74, 6) is 0.285. The van der Waals surface area contributed by atoms with Crippen LogP contribution in [-0.2, 0) is 4.79 Å². The van der Waals surface area contributed by atoms with Crippen molar-refractivity contribution in [3.8, 4) is 5.75 Å². The van der Waals surface area contributed by atoms with E-state index in [1.54, 1.807) is 19.2 Å². The van der Waals surface area contributed by atoms with Crippen molar-refractivity contribution in [2.75, 3.05) is 19.5 Å². The lowest BCUT2D eigenvalue weighted by Gasteiger charge is -2.19. The molecule has 6 nitrogen and oxygen atoms in total. The van der Waals surface area contributed by atoms with Gasteiger partial charge in [0.05, 0.1) is 7.11 Å². The van der Waals surface area contributed by atoms with Gasteiger partial charge in [-0.25, -0.2) is 4.79 Å². The predicted molar refractivity (Wildman–Crippen MR) is 88.4 cm³/mol. The zero-order valence-electron chi connectivity index (χ0n) is 13.0. The second-order valence-corrected chi connectivity index (χ2v) is 4.78. The van der Waals surface area contributed by atoms with Crippen molar-refractivity contribution in [3.05, 3.63) is 60.2 Å². The van der Waals surface area contributed by atoms with Crippen LogP contribution in [0.25, 0.3) is 0 Å². The average molecular weight is 313 g/mol. The van der Waals surface area contributed by atoms with Crippen LogP contribution in [0.5, 0.6) is 5.75 Å². The molecule has 0 saturated carbocycles. The van der Waals surface area contributed by atoms with Crippen LogP contribution in [-0.4, -0.2) is 26.1 Å². The first-order valence-electron chi connectivity index (χ1n) is 7.12. The van der Waals surface area contributed by atoms with Gasteiger partial charge in [0.2, 0.25) is 0 Å². The summed E-state index contributed by atoms with van der Waals surface area (Å²) in [6, 6.07) is 15.1. The van der Waals surface area contributed by atoms with Gasteiger partial charge >= 0.3 is 6.03 Å². The van der Waals surface area contributed by atoms with Gasteiger partial charge < -0.3 is 15.4 Å². The maximum Gasteiger partial charge on any atom is 0.321 e. The zero-order valence-corrected chi connectivity index (χ0v) is 13.0. The van der Waals surface area contributed by atoms with Crippen molar-refractivity contribution in [1.29, 1.82) is 0 Å². The van der Waals surface area contributed by atoms with Crippen molar-refractivity contribution < 1.29 is 14.3 Å². The summed E-state index contributed by atoms with van der Waals surface area (Å²) < 4.78 is 5.11. The molecule has 2 rings (SSSR count). The van der Waals surface area contributed by atoms with Crippen LogP contribution in [0, 0.1) is 0 Å². The number of anilines is 1. The van der Waals surface area contributed by atoms with Gasteiger partial charge in [0, 0.05) is 12.7 Å². The van der Waals surface area contributed by atoms with Crippen molar-refractivity contribution in [1.82, 2.24) is 10.6 Å². The minimum atomic E-state index is -0.693. The third kappa shape index (κ3) is 4.47. The van der Waals surface area contributed by atoms with E-state index in [9.17, 15) is 9.59 Å². The number of amides is 3. The molecule has 2 aromatic rings. The van der Waals surface area contributed by atoms with E-state index in [0.717, 1.165) is 17.0 Å². The molecule has 0 bridgehead atoms. The van der Waals surface area contributed by atoms with Crippen LogP contribution in [0.4, 0.5) is 10.5 Å². The van der Waals surface area contributed by atoms with Crippen LogP contribution in [0.15, 0.2) is 54.6 Å². The summed E-state index contributed by atoms with van der Waals surface area (Å²) in [5.41, 5.74) is 1.50. The summed E-state index contributed by atoms with van der Waals surface area (Å²) >= 11 is 0. The highest BCUT2D eigenvalue weighted by Crippen LogP contribution is 2.22. The molecule has 0 spiro atoms. The third-order valence-corrected chi connectivity index (χ3v) is 3.26. The monoisotopic (exact) mass is 313 g/mol. The Balaban J connectivity index is 2.22. The standard InChI is InChI=1S/C17H19N3O3/c1-18-17(22)20-16(21)15(12-6-4-3-5-7-12)19-13-8-10-14(23-2)11-9-13/h3-11,15,19H,1-2H3,(H2,18,20,21,22)/t15-/m1/s1. The quantitative estimate of drug-likeness (QED) is 0.791. The number of nitrogens with one attached hydrogen (secondary N) is 3. The number of carbonyl (C=O) groups is 2. The van der Waals surface area contributed by atoms with E-state index in [0.29, 0.717) is 0 Å². The number of hydrogen-bond acceptors (Lipinski definition) is 4. The lowest BCUT2D eigenvalue weighted by atomic mass is 10.1. The molecule has 0 aliphatic carbocycles. The molecule has 3 N–H and O–H groups in total. The van der Waals surface area contributed by atoms with E-state index in [4.69, 9.17) is 4.74 Å². The summed E-state index contributed by atoms with van der Waals surface area (Å²) in [7, 11) is 3.04. The highest BCUT2D eigenvalue weighted by atomic mass is 16.5. The van der Waals surface area contributed by atoms with Gasteiger partial charge in [-0.05, 0) is 29.8 Å². The van der Waals surface area contributed by atoms with Crippen molar-refractivity contribution in [3.63, 3.8) is 0 Å². The SMILES string of the molecule is CNC(=O)NC(=O)[C@H](Nc1ccc(OC)cc1)c1ccccc1. The molecule has 0 aliphatic heterocycles. The molecule has 120 valence electrons. The predicted octanol–water partition coefficient (Wildman–Crippen LogP) is 2.30. The molecular weight excluding hydrogens is 294 g/mol. The number of methoxy groups -OCH3 is 1. The summed E-state index contributed by atoms with van der Waals surface area (Å²) in [6.45, 7) is 0. The smallest absolute Gasteiger partial charge is 0.321 e. The molecule has 3 amide bonds. The Morgan fingerprint density at radius 2 is 1.65 bits per heavy atom. The highest BCUT2D eigenvalue weighted by Gasteiger charge is 2.22. The minimum absolute atomic E-state index is 0.439. The van der Waals surface area contributed by atoms with Gasteiger partial charge in [0.25, 0.3) is 5.91 Å². The highest BCUT2D eigenvalue weighted by molar-refractivity contribution is 5.98. The summed E-state index contributed by atoms with van der Waals surface area (Å²) in [4.78, 5) is 23.8. The first kappa shape index (κ1) is 16.4. The van der Waals surface area contributed by atoms with Crippen LogP contribution < -0.4 is 20.7 Å². The summed E-state index contributed by atoms with van der Waals surface area (Å²) in [5, 5.41) is 7.79. The molecule has 0 radical (unpaired) electrons. The topological polar surface area (TPSA) is 79.5 Å². The van der Waals surface area contributed by atoms with Crippen LogP contribution in [0.2, 0.25) is 0 Å². The lowest BCUT2D eigenvalue weighted by molar-refractivity contribution is -0.120. The maximum absolute atomic E-state index is 12.4. The van der Waals surface area contributed by atoms with Gasteiger partial charge in [-0.3, -0.25) is 10.1 Å². The molecule has 0 saturated heterocycles. The Hall–Kier alpha value is -3.02. The molecule has 2 aromatic carbocycles. The van der Waals surface area contributed by atoms with E-state index in [1.165, 1.54) is 7.05 Å².